The molecule has 1 saturated heterocycles. The molecule has 140 valence electrons. The monoisotopic (exact) mass is 368 g/mol. The van der Waals surface area contributed by atoms with Gasteiger partial charge in [-0.3, -0.25) is 10.2 Å². The van der Waals surface area contributed by atoms with Crippen LogP contribution >= 0.6 is 0 Å². The molecule has 1 aliphatic rings. The molecule has 2 rings (SSSR count). The Morgan fingerprint density at radius 2 is 2.00 bits per heavy atom. The molecule has 4 N–H and O–H groups in total. The van der Waals surface area contributed by atoms with Gasteiger partial charge in [0.05, 0.1) is 4.90 Å². The van der Waals surface area contributed by atoms with Gasteiger partial charge in [0.2, 0.25) is 15.9 Å². The minimum Gasteiger partial charge on any atom is -0.353 e. The Kier molecular flexibility index (Phi) is 6.95. The summed E-state index contributed by atoms with van der Waals surface area (Å²) >= 11 is 0. The van der Waals surface area contributed by atoms with Crippen LogP contribution in [0.3, 0.4) is 0 Å². The number of sulfonamides is 1. The van der Waals surface area contributed by atoms with Crippen LogP contribution in [0.2, 0.25) is 0 Å². The number of amides is 1. The summed E-state index contributed by atoms with van der Waals surface area (Å²) in [5, 5.41) is 2.77. The molecule has 1 fully saturated rings. The molecule has 0 bridgehead atoms. The predicted octanol–water partition coefficient (Wildman–Crippen LogP) is 0.733. The average Bonchev–Trinajstić information content (AvgIpc) is 3.03. The molecule has 8 heteroatoms. The lowest BCUT2D eigenvalue weighted by molar-refractivity contribution is -0.122. The maximum absolute atomic E-state index is 12.4. The summed E-state index contributed by atoms with van der Waals surface area (Å²) in [5.74, 6) is -0.114. The fraction of sp³-hybridized carbons (Fsp3) is 0.588. The van der Waals surface area contributed by atoms with Crippen LogP contribution in [0.25, 0.3) is 0 Å². The zero-order chi connectivity index (χ0) is 18.4. The van der Waals surface area contributed by atoms with Gasteiger partial charge < -0.3 is 5.32 Å². The molecule has 1 amide bonds. The van der Waals surface area contributed by atoms with E-state index in [-0.39, 0.29) is 29.9 Å². The average molecular weight is 369 g/mol. The summed E-state index contributed by atoms with van der Waals surface area (Å²) in [7, 11) is -3.58. The van der Waals surface area contributed by atoms with Crippen molar-refractivity contribution < 1.29 is 13.2 Å². The van der Waals surface area contributed by atoms with E-state index in [0.29, 0.717) is 11.6 Å². The third-order valence-electron chi connectivity index (χ3n) is 4.29. The van der Waals surface area contributed by atoms with Crippen molar-refractivity contribution in [2.24, 2.45) is 0 Å². The fourth-order valence-electron chi connectivity index (χ4n) is 2.90. The van der Waals surface area contributed by atoms with Gasteiger partial charge >= 0.3 is 0 Å². The Labute approximate surface area is 150 Å². The van der Waals surface area contributed by atoms with Gasteiger partial charge in [-0.2, -0.15) is 0 Å². The number of nitrogens with one attached hydrogen (secondary N) is 4. The molecule has 2 atom stereocenters. The van der Waals surface area contributed by atoms with Crippen molar-refractivity contribution in [3.63, 3.8) is 0 Å². The number of carbonyl (C=O) groups is 1. The van der Waals surface area contributed by atoms with Crippen LogP contribution in [-0.2, 0) is 14.8 Å². The summed E-state index contributed by atoms with van der Waals surface area (Å²) in [5.41, 5.74) is 7.69. The molecule has 7 nitrogen and oxygen atoms in total. The van der Waals surface area contributed by atoms with E-state index in [0.717, 1.165) is 24.8 Å². The summed E-state index contributed by atoms with van der Waals surface area (Å²) in [6, 6.07) is 5.36. The van der Waals surface area contributed by atoms with Gasteiger partial charge in [0.25, 0.3) is 0 Å². The topological polar surface area (TPSA) is 99.3 Å². The number of hydrogen-bond acceptors (Lipinski definition) is 5. The number of carbonyl (C=O) groups excluding carboxylic acids is 1. The lowest BCUT2D eigenvalue weighted by Gasteiger charge is -2.12. The lowest BCUT2D eigenvalue weighted by Crippen LogP contribution is -2.45. The number of aryl methyl sites for hydroxylation is 2. The number of hydrazine groups is 1. The maximum Gasteiger partial charge on any atom is 0.240 e. The zero-order valence-corrected chi connectivity index (χ0v) is 15.9. The van der Waals surface area contributed by atoms with Gasteiger partial charge in [-0.1, -0.05) is 25.5 Å². The van der Waals surface area contributed by atoms with E-state index >= 15 is 0 Å². The molecule has 2 unspecified atom stereocenters. The van der Waals surface area contributed by atoms with Crippen molar-refractivity contribution >= 4 is 15.9 Å². The third-order valence-corrected chi connectivity index (χ3v) is 5.89. The molecule has 1 aliphatic heterocycles. The largest absolute Gasteiger partial charge is 0.353 e. The second-order valence-corrected chi connectivity index (χ2v) is 8.26. The van der Waals surface area contributed by atoms with Crippen LogP contribution in [0.5, 0.6) is 0 Å². The lowest BCUT2D eigenvalue weighted by atomic mass is 10.1. The van der Waals surface area contributed by atoms with Gasteiger partial charge in [-0.25, -0.2) is 18.6 Å². The highest BCUT2D eigenvalue weighted by molar-refractivity contribution is 7.89. The molecule has 1 heterocycles. The van der Waals surface area contributed by atoms with E-state index in [1.54, 1.807) is 19.1 Å². The minimum atomic E-state index is -3.58. The Hall–Kier alpha value is -1.48. The van der Waals surface area contributed by atoms with Crippen molar-refractivity contribution in [2.45, 2.75) is 57.0 Å². The van der Waals surface area contributed by atoms with Crippen molar-refractivity contribution in [1.82, 2.24) is 20.9 Å². The van der Waals surface area contributed by atoms with Crippen LogP contribution in [0.15, 0.2) is 23.1 Å². The highest BCUT2D eigenvalue weighted by Gasteiger charge is 2.28. The Morgan fingerprint density at radius 3 is 2.72 bits per heavy atom. The van der Waals surface area contributed by atoms with Crippen molar-refractivity contribution in [3.8, 4) is 0 Å². The Bertz CT molecular complexity index is 706. The first-order valence-electron chi connectivity index (χ1n) is 8.69. The van der Waals surface area contributed by atoms with Gasteiger partial charge in [-0.15, -0.1) is 0 Å². The summed E-state index contributed by atoms with van der Waals surface area (Å²) in [4.78, 5) is 12.4. The summed E-state index contributed by atoms with van der Waals surface area (Å²) in [6.07, 6.45) is 2.83. The molecule has 0 aliphatic carbocycles. The van der Waals surface area contributed by atoms with Gasteiger partial charge in [-0.05, 0) is 43.9 Å². The highest BCUT2D eigenvalue weighted by atomic mass is 32.2. The number of hydrogen-bond donors (Lipinski definition) is 4. The normalized spacial score (nSPS) is 20.6. The minimum absolute atomic E-state index is 0.114. The molecule has 0 radical (unpaired) electrons. The SMILES string of the molecule is CCCC1CC(C(=O)NCCNS(=O)(=O)c2cc(C)ccc2C)NN1. The van der Waals surface area contributed by atoms with Gasteiger partial charge in [0, 0.05) is 19.1 Å². The van der Waals surface area contributed by atoms with Gasteiger partial charge in [0.15, 0.2) is 0 Å². The van der Waals surface area contributed by atoms with Crippen molar-refractivity contribution in [1.29, 1.82) is 0 Å². The zero-order valence-electron chi connectivity index (χ0n) is 15.1. The summed E-state index contributed by atoms with van der Waals surface area (Å²) < 4.78 is 27.3. The van der Waals surface area contributed by atoms with E-state index in [4.69, 9.17) is 0 Å². The van der Waals surface area contributed by atoms with E-state index in [9.17, 15) is 13.2 Å². The van der Waals surface area contributed by atoms with Crippen LogP contribution < -0.4 is 20.9 Å². The van der Waals surface area contributed by atoms with Crippen LogP contribution in [-0.4, -0.2) is 39.5 Å². The van der Waals surface area contributed by atoms with E-state index in [2.05, 4.69) is 27.8 Å². The van der Waals surface area contributed by atoms with E-state index < -0.39 is 10.0 Å². The van der Waals surface area contributed by atoms with Crippen LogP contribution in [0.1, 0.15) is 37.3 Å². The number of rotatable bonds is 8. The van der Waals surface area contributed by atoms with Gasteiger partial charge in [0.1, 0.15) is 6.04 Å². The second-order valence-electron chi connectivity index (χ2n) is 6.52. The third kappa shape index (κ3) is 5.50. The standard InChI is InChI=1S/C17H28N4O3S/c1-4-5-14-11-15(21-20-14)17(22)18-8-9-19-25(23,24)16-10-12(2)6-7-13(16)3/h6-7,10,14-15,19-21H,4-5,8-9,11H2,1-3H3,(H,18,22). The first-order chi connectivity index (χ1) is 11.8. The molecule has 1 aromatic rings. The molecular formula is C17H28N4O3S. The highest BCUT2D eigenvalue weighted by Crippen LogP contribution is 2.16. The predicted molar refractivity (Wildman–Crippen MR) is 97.5 cm³/mol. The smallest absolute Gasteiger partial charge is 0.240 e. The van der Waals surface area contributed by atoms with E-state index in [1.807, 2.05) is 13.0 Å². The molecule has 1 aromatic carbocycles. The molecule has 0 spiro atoms. The first kappa shape index (κ1) is 19.8. The molecule has 25 heavy (non-hydrogen) atoms. The summed E-state index contributed by atoms with van der Waals surface area (Å²) in [6.45, 7) is 6.13. The maximum atomic E-state index is 12.4. The number of benzene rings is 1. The molecular weight excluding hydrogens is 340 g/mol. The first-order valence-corrected chi connectivity index (χ1v) is 10.2. The van der Waals surface area contributed by atoms with Crippen molar-refractivity contribution in [3.05, 3.63) is 29.3 Å². The second kappa shape index (κ2) is 8.75. The molecule has 0 saturated carbocycles. The van der Waals surface area contributed by atoms with E-state index in [1.165, 1.54) is 0 Å². The van der Waals surface area contributed by atoms with Crippen LogP contribution in [0.4, 0.5) is 0 Å². The van der Waals surface area contributed by atoms with Crippen LogP contribution in [0, 0.1) is 13.8 Å². The Balaban J connectivity index is 1.79. The fourth-order valence-corrected chi connectivity index (χ4v) is 4.26. The molecule has 0 aromatic heterocycles. The van der Waals surface area contributed by atoms with Crippen molar-refractivity contribution in [2.75, 3.05) is 13.1 Å². The Morgan fingerprint density at radius 1 is 1.24 bits per heavy atom. The quantitative estimate of drug-likeness (QED) is 0.507.